The van der Waals surface area contributed by atoms with Gasteiger partial charge in [-0.1, -0.05) is 24.3 Å². The number of hydrogen-bond donors (Lipinski definition) is 0. The lowest BCUT2D eigenvalue weighted by Gasteiger charge is -2.02. The second-order valence-electron chi connectivity index (χ2n) is 4.06. The van der Waals surface area contributed by atoms with Gasteiger partial charge in [-0.3, -0.25) is 4.98 Å². The highest BCUT2D eigenvalue weighted by Crippen LogP contribution is 2.13. The minimum atomic E-state index is 0.423. The Morgan fingerprint density at radius 1 is 0.947 bits per heavy atom. The van der Waals surface area contributed by atoms with Gasteiger partial charge in [-0.15, -0.1) is 0 Å². The second kappa shape index (κ2) is 5.35. The number of nitrogens with zero attached hydrogens (tertiary/aromatic N) is 3. The summed E-state index contributed by atoms with van der Waals surface area (Å²) in [5.74, 6) is 0.592. The van der Waals surface area contributed by atoms with Crippen molar-refractivity contribution in [2.75, 3.05) is 0 Å². The van der Waals surface area contributed by atoms with Crippen LogP contribution in [0.2, 0.25) is 0 Å². The maximum atomic E-state index is 5.60. The number of benzene rings is 1. The third-order valence-electron chi connectivity index (χ3n) is 2.71. The summed E-state index contributed by atoms with van der Waals surface area (Å²) >= 11 is 0. The van der Waals surface area contributed by atoms with Crippen molar-refractivity contribution in [1.82, 2.24) is 14.5 Å². The minimum absolute atomic E-state index is 0.423. The van der Waals surface area contributed by atoms with Crippen molar-refractivity contribution >= 4 is 0 Å². The molecule has 0 bridgehead atoms. The fraction of sp³-hybridized carbons (Fsp3) is 0.0667. The molecule has 19 heavy (non-hydrogen) atoms. The molecule has 0 saturated carbocycles. The smallest absolute Gasteiger partial charge is 0.232 e. The van der Waals surface area contributed by atoms with Crippen molar-refractivity contribution in [1.29, 1.82) is 0 Å². The molecule has 0 amide bonds. The summed E-state index contributed by atoms with van der Waals surface area (Å²) in [6.45, 7) is 0.423. The van der Waals surface area contributed by atoms with E-state index >= 15 is 0 Å². The molecule has 2 aromatic heterocycles. The zero-order valence-electron chi connectivity index (χ0n) is 10.3. The number of rotatable bonds is 4. The van der Waals surface area contributed by atoms with E-state index in [1.807, 2.05) is 59.3 Å². The predicted molar refractivity (Wildman–Crippen MR) is 72.1 cm³/mol. The predicted octanol–water partition coefficient (Wildman–Crippen LogP) is 2.85. The molecule has 3 aromatic rings. The molecule has 0 atom stereocenters. The van der Waals surface area contributed by atoms with Crippen LogP contribution in [0.25, 0.3) is 5.69 Å². The van der Waals surface area contributed by atoms with Gasteiger partial charge in [0, 0.05) is 11.9 Å². The van der Waals surface area contributed by atoms with Gasteiger partial charge < -0.3 is 9.30 Å². The van der Waals surface area contributed by atoms with Crippen LogP contribution in [0, 0.1) is 0 Å². The normalized spacial score (nSPS) is 10.3. The van der Waals surface area contributed by atoms with Crippen LogP contribution in [0.4, 0.5) is 0 Å². The first-order valence-corrected chi connectivity index (χ1v) is 6.04. The average Bonchev–Trinajstić information content (AvgIpc) is 2.96. The second-order valence-corrected chi connectivity index (χ2v) is 4.06. The van der Waals surface area contributed by atoms with Gasteiger partial charge in [-0.2, -0.15) is 0 Å². The molecule has 0 aliphatic carbocycles. The summed E-state index contributed by atoms with van der Waals surface area (Å²) < 4.78 is 7.52. The number of para-hydroxylation sites is 1. The Hall–Kier alpha value is -2.62. The molecule has 0 fully saturated rings. The molecule has 0 N–H and O–H groups in total. The Morgan fingerprint density at radius 2 is 1.79 bits per heavy atom. The Bertz CT molecular complexity index is 635. The zero-order valence-corrected chi connectivity index (χ0v) is 10.3. The summed E-state index contributed by atoms with van der Waals surface area (Å²) in [4.78, 5) is 8.42. The van der Waals surface area contributed by atoms with Gasteiger partial charge >= 0.3 is 0 Å². The zero-order chi connectivity index (χ0) is 12.9. The molecule has 0 spiro atoms. The molecule has 4 heteroatoms. The van der Waals surface area contributed by atoms with Crippen LogP contribution in [0.1, 0.15) is 5.69 Å². The summed E-state index contributed by atoms with van der Waals surface area (Å²) in [5.41, 5.74) is 1.94. The van der Waals surface area contributed by atoms with E-state index in [0.717, 1.165) is 11.4 Å². The monoisotopic (exact) mass is 251 g/mol. The fourth-order valence-corrected chi connectivity index (χ4v) is 1.75. The van der Waals surface area contributed by atoms with Gasteiger partial charge in [-0.25, -0.2) is 4.98 Å². The molecule has 0 aliphatic heterocycles. The number of pyridine rings is 1. The molecule has 1 aromatic carbocycles. The van der Waals surface area contributed by atoms with Crippen molar-refractivity contribution in [3.8, 4) is 11.6 Å². The van der Waals surface area contributed by atoms with Crippen LogP contribution in [0.5, 0.6) is 5.88 Å². The number of ether oxygens (including phenoxy) is 1. The molecule has 0 unspecified atom stereocenters. The molecule has 2 heterocycles. The van der Waals surface area contributed by atoms with E-state index in [2.05, 4.69) is 9.97 Å². The third kappa shape index (κ3) is 2.80. The van der Waals surface area contributed by atoms with Crippen molar-refractivity contribution < 1.29 is 4.74 Å². The van der Waals surface area contributed by atoms with Crippen molar-refractivity contribution in [2.45, 2.75) is 6.61 Å². The molecule has 3 rings (SSSR count). The van der Waals surface area contributed by atoms with Crippen LogP contribution in [-0.4, -0.2) is 14.5 Å². The van der Waals surface area contributed by atoms with Crippen LogP contribution in [0.15, 0.2) is 67.3 Å². The first kappa shape index (κ1) is 11.5. The topological polar surface area (TPSA) is 39.9 Å². The van der Waals surface area contributed by atoms with Gasteiger partial charge in [0.2, 0.25) is 5.88 Å². The highest BCUT2D eigenvalue weighted by molar-refractivity contribution is 5.32. The molecule has 0 aliphatic rings. The van der Waals surface area contributed by atoms with Crippen LogP contribution >= 0.6 is 0 Å². The summed E-state index contributed by atoms with van der Waals surface area (Å²) in [7, 11) is 0. The van der Waals surface area contributed by atoms with E-state index in [4.69, 9.17) is 4.74 Å². The first-order chi connectivity index (χ1) is 9.42. The van der Waals surface area contributed by atoms with E-state index in [-0.39, 0.29) is 0 Å². The highest BCUT2D eigenvalue weighted by atomic mass is 16.5. The van der Waals surface area contributed by atoms with Crippen LogP contribution < -0.4 is 4.74 Å². The lowest BCUT2D eigenvalue weighted by atomic mass is 10.3. The van der Waals surface area contributed by atoms with Gasteiger partial charge in [0.1, 0.15) is 12.9 Å². The van der Waals surface area contributed by atoms with E-state index in [1.165, 1.54) is 0 Å². The fourth-order valence-electron chi connectivity index (χ4n) is 1.75. The quantitative estimate of drug-likeness (QED) is 0.715. The van der Waals surface area contributed by atoms with E-state index < -0.39 is 0 Å². The molecular formula is C15H13N3O. The van der Waals surface area contributed by atoms with Crippen molar-refractivity contribution in [3.05, 3.63) is 72.9 Å². The van der Waals surface area contributed by atoms with Gasteiger partial charge in [0.05, 0.1) is 11.9 Å². The summed E-state index contributed by atoms with van der Waals surface area (Å²) in [6.07, 6.45) is 5.35. The molecule has 4 nitrogen and oxygen atoms in total. The largest absolute Gasteiger partial charge is 0.470 e. The van der Waals surface area contributed by atoms with E-state index in [9.17, 15) is 0 Å². The standard InChI is InChI=1S/C15H13N3O/c1-2-7-14(8-3-1)18-10-15(17-12-18)19-11-13-6-4-5-9-16-13/h1-10,12H,11H2. The molecule has 94 valence electrons. The van der Waals surface area contributed by atoms with Gasteiger partial charge in [0.15, 0.2) is 0 Å². The lowest BCUT2D eigenvalue weighted by Crippen LogP contribution is -1.97. The maximum Gasteiger partial charge on any atom is 0.232 e. The van der Waals surface area contributed by atoms with E-state index in [0.29, 0.717) is 12.5 Å². The van der Waals surface area contributed by atoms with E-state index in [1.54, 1.807) is 12.5 Å². The number of aromatic nitrogens is 3. The van der Waals surface area contributed by atoms with Crippen molar-refractivity contribution in [3.63, 3.8) is 0 Å². The van der Waals surface area contributed by atoms with Crippen LogP contribution in [0.3, 0.4) is 0 Å². The number of hydrogen-bond acceptors (Lipinski definition) is 3. The summed E-state index contributed by atoms with van der Waals surface area (Å²) in [5, 5.41) is 0. The Morgan fingerprint density at radius 3 is 2.58 bits per heavy atom. The Labute approximate surface area is 111 Å². The lowest BCUT2D eigenvalue weighted by molar-refractivity contribution is 0.290. The maximum absolute atomic E-state index is 5.60. The number of imidazole rings is 1. The Kier molecular flexibility index (Phi) is 3.23. The van der Waals surface area contributed by atoms with Gasteiger partial charge in [0.25, 0.3) is 0 Å². The van der Waals surface area contributed by atoms with Gasteiger partial charge in [-0.05, 0) is 24.3 Å². The molecule has 0 radical (unpaired) electrons. The average molecular weight is 251 g/mol. The summed E-state index contributed by atoms with van der Waals surface area (Å²) in [6, 6.07) is 15.7. The molecular weight excluding hydrogens is 238 g/mol. The SMILES string of the molecule is c1ccc(-n2cnc(OCc3ccccn3)c2)cc1. The van der Waals surface area contributed by atoms with Crippen molar-refractivity contribution in [2.24, 2.45) is 0 Å². The molecule has 0 saturated heterocycles. The first-order valence-electron chi connectivity index (χ1n) is 6.04. The highest BCUT2D eigenvalue weighted by Gasteiger charge is 2.02. The van der Waals surface area contributed by atoms with Crippen LogP contribution in [-0.2, 0) is 6.61 Å². The minimum Gasteiger partial charge on any atom is -0.470 e. The third-order valence-corrected chi connectivity index (χ3v) is 2.71. The Balaban J connectivity index is 1.69.